The first-order valence-electron chi connectivity index (χ1n) is 13.1. The van der Waals surface area contributed by atoms with Crippen molar-refractivity contribution < 1.29 is 27.1 Å². The fraction of sp³-hybridized carbons (Fsp3) is 0.333. The van der Waals surface area contributed by atoms with E-state index in [4.69, 9.17) is 27.9 Å². The molecule has 1 N–H and O–H groups in total. The summed E-state index contributed by atoms with van der Waals surface area (Å²) in [5.74, 6) is -1.56. The third-order valence-corrected chi connectivity index (χ3v) is 8.85. The lowest BCUT2D eigenvalue weighted by Gasteiger charge is -2.28. The number of carbonyl (C=O) groups is 2. The minimum Gasteiger partial charge on any atom is -0.458 e. The van der Waals surface area contributed by atoms with Gasteiger partial charge in [0, 0.05) is 23.0 Å². The van der Waals surface area contributed by atoms with Crippen LogP contribution in [0.15, 0.2) is 71.6 Å². The normalized spacial score (nSPS) is 16.8. The molecule has 11 heteroatoms. The summed E-state index contributed by atoms with van der Waals surface area (Å²) in [6, 6.07) is 15.3. The van der Waals surface area contributed by atoms with E-state index in [2.05, 4.69) is 5.32 Å². The van der Waals surface area contributed by atoms with Crippen LogP contribution in [-0.2, 0) is 30.8 Å². The van der Waals surface area contributed by atoms with Crippen LogP contribution in [0.4, 0.5) is 4.39 Å². The summed E-state index contributed by atoms with van der Waals surface area (Å²) in [7, 11) is -4.09. The van der Waals surface area contributed by atoms with E-state index in [9.17, 15) is 22.4 Å². The van der Waals surface area contributed by atoms with Gasteiger partial charge in [0.15, 0.2) is 0 Å². The highest BCUT2D eigenvalue weighted by molar-refractivity contribution is 7.89. The van der Waals surface area contributed by atoms with Crippen LogP contribution in [0.5, 0.6) is 0 Å². The lowest BCUT2D eigenvalue weighted by atomic mass is 10.00. The second kappa shape index (κ2) is 12.5. The number of hydrogen-bond donors (Lipinski definition) is 1. The van der Waals surface area contributed by atoms with Gasteiger partial charge in [-0.1, -0.05) is 59.6 Å². The van der Waals surface area contributed by atoms with Crippen LogP contribution in [0.3, 0.4) is 0 Å². The molecule has 0 bridgehead atoms. The third-order valence-electron chi connectivity index (χ3n) is 6.53. The Labute approximate surface area is 249 Å². The van der Waals surface area contributed by atoms with Crippen LogP contribution in [-0.4, -0.2) is 48.8 Å². The van der Waals surface area contributed by atoms with E-state index < -0.39 is 39.6 Å². The van der Waals surface area contributed by atoms with E-state index in [0.29, 0.717) is 6.42 Å². The number of hydrogen-bond acceptors (Lipinski definition) is 5. The van der Waals surface area contributed by atoms with Gasteiger partial charge in [-0.3, -0.25) is 4.79 Å². The smallest absolute Gasteiger partial charge is 0.329 e. The van der Waals surface area contributed by atoms with Gasteiger partial charge in [0.2, 0.25) is 15.9 Å². The number of rotatable bonds is 8. The highest BCUT2D eigenvalue weighted by Crippen LogP contribution is 2.30. The number of ether oxygens (including phenoxy) is 1. The molecule has 1 aliphatic heterocycles. The fourth-order valence-electron chi connectivity index (χ4n) is 4.65. The maximum absolute atomic E-state index is 13.5. The van der Waals surface area contributed by atoms with Gasteiger partial charge in [0.25, 0.3) is 0 Å². The number of carbonyl (C=O) groups excluding carboxylic acids is 2. The Balaban J connectivity index is 1.55. The average molecular weight is 622 g/mol. The summed E-state index contributed by atoms with van der Waals surface area (Å²) < 4.78 is 46.9. The van der Waals surface area contributed by atoms with Gasteiger partial charge in [0.1, 0.15) is 23.5 Å². The van der Waals surface area contributed by atoms with Gasteiger partial charge in [-0.15, -0.1) is 0 Å². The topological polar surface area (TPSA) is 92.8 Å². The number of nitrogens with one attached hydrogen (secondary N) is 1. The highest BCUT2D eigenvalue weighted by Gasteiger charge is 2.41. The molecule has 0 unspecified atom stereocenters. The van der Waals surface area contributed by atoms with E-state index >= 15 is 0 Å². The van der Waals surface area contributed by atoms with Gasteiger partial charge in [-0.05, 0) is 80.6 Å². The molecule has 2 atom stereocenters. The van der Waals surface area contributed by atoms with E-state index in [0.717, 1.165) is 21.0 Å². The van der Waals surface area contributed by atoms with Gasteiger partial charge in [-0.25, -0.2) is 17.6 Å². The van der Waals surface area contributed by atoms with Crippen molar-refractivity contribution in [3.63, 3.8) is 0 Å². The molecular formula is C30H31Cl2FN2O5S. The first-order valence-corrected chi connectivity index (χ1v) is 15.3. The van der Waals surface area contributed by atoms with E-state index in [1.54, 1.807) is 32.9 Å². The maximum Gasteiger partial charge on any atom is 0.329 e. The monoisotopic (exact) mass is 620 g/mol. The summed E-state index contributed by atoms with van der Waals surface area (Å²) in [6.45, 7) is 5.31. The Morgan fingerprint density at radius 3 is 2.12 bits per heavy atom. The average Bonchev–Trinajstić information content (AvgIpc) is 3.39. The molecule has 0 aromatic heterocycles. The van der Waals surface area contributed by atoms with Gasteiger partial charge in [0.05, 0.1) is 4.90 Å². The fourth-order valence-corrected chi connectivity index (χ4v) is 7.03. The standard InChI is InChI=1S/C30H31Cl2FN2O5S/c1-30(2,3)40-29(37)26(15-19-6-8-20(9-7-19)21-10-12-24(33)13-11-21)34-28(36)27-5-4-14-35(27)41(38,39)25-17-22(31)16-23(32)18-25/h6-13,16-18,26-27H,4-5,14-15H2,1-3H3,(H,34,36)/t26-,27-/m0/s1. The molecule has 3 aromatic carbocycles. The van der Waals surface area contributed by atoms with Crippen LogP contribution in [0.25, 0.3) is 11.1 Å². The van der Waals surface area contributed by atoms with E-state index in [1.807, 2.05) is 24.3 Å². The van der Waals surface area contributed by atoms with Gasteiger partial charge < -0.3 is 10.1 Å². The number of sulfonamides is 1. The molecule has 1 amide bonds. The zero-order valence-electron chi connectivity index (χ0n) is 22.9. The van der Waals surface area contributed by atoms with Crippen LogP contribution >= 0.6 is 23.2 Å². The molecule has 218 valence electrons. The van der Waals surface area contributed by atoms with Crippen LogP contribution in [0.1, 0.15) is 39.2 Å². The second-order valence-corrected chi connectivity index (χ2v) is 13.6. The van der Waals surface area contributed by atoms with Crippen molar-refractivity contribution in [2.45, 2.75) is 62.6 Å². The van der Waals surface area contributed by atoms with Gasteiger partial charge >= 0.3 is 5.97 Å². The molecule has 3 aromatic rings. The molecule has 7 nitrogen and oxygen atoms in total. The Kier molecular flexibility index (Phi) is 9.43. The molecule has 0 aliphatic carbocycles. The summed E-state index contributed by atoms with van der Waals surface area (Å²) >= 11 is 12.1. The molecule has 0 spiro atoms. The van der Waals surface area contributed by atoms with Crippen molar-refractivity contribution in [2.24, 2.45) is 0 Å². The van der Waals surface area contributed by atoms with E-state index in [-0.39, 0.29) is 40.1 Å². The summed E-state index contributed by atoms with van der Waals surface area (Å²) in [5, 5.41) is 3.06. The van der Waals surface area contributed by atoms with Crippen molar-refractivity contribution in [3.05, 3.63) is 88.2 Å². The summed E-state index contributed by atoms with van der Waals surface area (Å²) in [4.78, 5) is 26.6. The summed E-state index contributed by atoms with van der Waals surface area (Å²) in [5.41, 5.74) is 1.63. The number of benzene rings is 3. The third kappa shape index (κ3) is 7.86. The molecule has 1 aliphatic rings. The van der Waals surface area contributed by atoms with Crippen LogP contribution in [0.2, 0.25) is 10.0 Å². The maximum atomic E-state index is 13.5. The van der Waals surface area contributed by atoms with Crippen molar-refractivity contribution >= 4 is 45.1 Å². The summed E-state index contributed by atoms with van der Waals surface area (Å²) in [6.07, 6.45) is 0.869. The van der Waals surface area contributed by atoms with Crippen molar-refractivity contribution in [1.29, 1.82) is 0 Å². The first-order chi connectivity index (χ1) is 19.2. The second-order valence-electron chi connectivity index (χ2n) is 10.9. The molecule has 1 saturated heterocycles. The Morgan fingerprint density at radius 2 is 1.56 bits per heavy atom. The highest BCUT2D eigenvalue weighted by atomic mass is 35.5. The Morgan fingerprint density at radius 1 is 1.00 bits per heavy atom. The lowest BCUT2D eigenvalue weighted by Crippen LogP contribution is -2.52. The van der Waals surface area contributed by atoms with Crippen molar-refractivity contribution in [2.75, 3.05) is 6.54 Å². The zero-order valence-corrected chi connectivity index (χ0v) is 25.2. The van der Waals surface area contributed by atoms with Crippen molar-refractivity contribution in [3.8, 4) is 11.1 Å². The molecule has 4 rings (SSSR count). The molecule has 1 heterocycles. The van der Waals surface area contributed by atoms with Crippen molar-refractivity contribution in [1.82, 2.24) is 9.62 Å². The molecule has 41 heavy (non-hydrogen) atoms. The largest absolute Gasteiger partial charge is 0.458 e. The number of halogens is 3. The number of amides is 1. The minimum atomic E-state index is -4.09. The SMILES string of the molecule is CC(C)(C)OC(=O)[C@H](Cc1ccc(-c2ccc(F)cc2)cc1)NC(=O)[C@@H]1CCCN1S(=O)(=O)c1cc(Cl)cc(Cl)c1. The number of nitrogens with zero attached hydrogens (tertiary/aromatic N) is 1. The zero-order chi connectivity index (χ0) is 29.9. The van der Waals surface area contributed by atoms with Crippen LogP contribution < -0.4 is 5.32 Å². The quantitative estimate of drug-likeness (QED) is 0.311. The van der Waals surface area contributed by atoms with Crippen LogP contribution in [0, 0.1) is 5.82 Å². The molecule has 0 radical (unpaired) electrons. The van der Waals surface area contributed by atoms with E-state index in [1.165, 1.54) is 30.3 Å². The Bertz CT molecular complexity index is 1500. The minimum absolute atomic E-state index is 0.111. The van der Waals surface area contributed by atoms with Gasteiger partial charge in [-0.2, -0.15) is 4.31 Å². The predicted octanol–water partition coefficient (Wildman–Crippen LogP) is 6.02. The predicted molar refractivity (Wildman–Crippen MR) is 157 cm³/mol. The first kappa shape index (κ1) is 31.0. The molecule has 1 fully saturated rings. The molecular weight excluding hydrogens is 590 g/mol. The number of esters is 1. The lowest BCUT2D eigenvalue weighted by molar-refractivity contribution is -0.158. The molecule has 0 saturated carbocycles. The Hall–Kier alpha value is -2.98.